The molecule has 2 aliphatic rings. The molecule has 0 spiro atoms. The van der Waals surface area contributed by atoms with E-state index in [1.807, 2.05) is 11.3 Å². The SMILES string of the molecule is CC1=CC(c2cccc(C)c2)C2C(=C1)c1cccc3c1c2c(C)c1c2ccc(C)cc2sc31. The van der Waals surface area contributed by atoms with Gasteiger partial charge in [-0.15, -0.1) is 11.3 Å². The molecule has 0 N–H and O–H groups in total. The molecule has 1 aromatic heterocycles. The van der Waals surface area contributed by atoms with Gasteiger partial charge in [0.15, 0.2) is 0 Å². The van der Waals surface area contributed by atoms with E-state index in [9.17, 15) is 0 Å². The minimum atomic E-state index is 0.365. The van der Waals surface area contributed by atoms with Gasteiger partial charge in [0.25, 0.3) is 0 Å². The molecule has 1 heteroatoms. The summed E-state index contributed by atoms with van der Waals surface area (Å²) >= 11 is 1.97. The van der Waals surface area contributed by atoms with E-state index in [0.29, 0.717) is 11.8 Å². The van der Waals surface area contributed by atoms with Crippen molar-refractivity contribution in [3.05, 3.63) is 112 Å². The van der Waals surface area contributed by atoms with Crippen molar-refractivity contribution in [3.63, 3.8) is 0 Å². The van der Waals surface area contributed by atoms with Gasteiger partial charge in [0.1, 0.15) is 0 Å². The normalized spacial score (nSPS) is 19.3. The van der Waals surface area contributed by atoms with E-state index in [0.717, 1.165) is 0 Å². The summed E-state index contributed by atoms with van der Waals surface area (Å²) in [6.07, 6.45) is 4.94. The van der Waals surface area contributed by atoms with E-state index >= 15 is 0 Å². The average Bonchev–Trinajstić information content (AvgIpc) is 3.34. The summed E-state index contributed by atoms with van der Waals surface area (Å²) in [5, 5.41) is 5.79. The minimum absolute atomic E-state index is 0.365. The molecule has 33 heavy (non-hydrogen) atoms. The van der Waals surface area contributed by atoms with E-state index < -0.39 is 0 Å². The molecule has 7 rings (SSSR count). The quantitative estimate of drug-likeness (QED) is 0.242. The molecule has 2 aliphatic carbocycles. The highest BCUT2D eigenvalue weighted by Gasteiger charge is 2.39. The number of hydrogen-bond acceptors (Lipinski definition) is 1. The van der Waals surface area contributed by atoms with E-state index in [1.165, 1.54) is 69.9 Å². The highest BCUT2D eigenvalue weighted by atomic mass is 32.1. The minimum Gasteiger partial charge on any atom is -0.135 e. The lowest BCUT2D eigenvalue weighted by molar-refractivity contribution is 0.751. The van der Waals surface area contributed by atoms with Crippen molar-refractivity contribution in [2.45, 2.75) is 39.5 Å². The van der Waals surface area contributed by atoms with E-state index in [4.69, 9.17) is 0 Å². The predicted molar refractivity (Wildman–Crippen MR) is 145 cm³/mol. The molecule has 4 aromatic carbocycles. The van der Waals surface area contributed by atoms with Crippen LogP contribution in [0.4, 0.5) is 0 Å². The fourth-order valence-corrected chi connectivity index (χ4v) is 7.84. The maximum atomic E-state index is 2.50. The van der Waals surface area contributed by atoms with Crippen LogP contribution in [0.2, 0.25) is 0 Å². The van der Waals surface area contributed by atoms with Gasteiger partial charge in [0.05, 0.1) is 0 Å². The number of rotatable bonds is 1. The molecule has 2 atom stereocenters. The molecule has 0 saturated heterocycles. The van der Waals surface area contributed by atoms with Crippen LogP contribution in [-0.2, 0) is 0 Å². The van der Waals surface area contributed by atoms with E-state index in [1.54, 1.807) is 5.56 Å². The first-order valence-electron chi connectivity index (χ1n) is 11.9. The van der Waals surface area contributed by atoms with Crippen LogP contribution in [0, 0.1) is 20.8 Å². The summed E-state index contributed by atoms with van der Waals surface area (Å²) in [6.45, 7) is 9.04. The Morgan fingerprint density at radius 3 is 2.42 bits per heavy atom. The summed E-state index contributed by atoms with van der Waals surface area (Å²) in [6, 6.07) is 23.1. The molecule has 0 bridgehead atoms. The summed E-state index contributed by atoms with van der Waals surface area (Å²) in [5.74, 6) is 0.740. The Morgan fingerprint density at radius 2 is 1.58 bits per heavy atom. The Balaban J connectivity index is 1.62. The predicted octanol–water partition coefficient (Wildman–Crippen LogP) is 9.36. The Morgan fingerprint density at radius 1 is 0.758 bits per heavy atom. The van der Waals surface area contributed by atoms with Gasteiger partial charge in [-0.05, 0) is 72.5 Å². The lowest BCUT2D eigenvalue weighted by atomic mass is 9.74. The monoisotopic (exact) mass is 442 g/mol. The third-order valence-corrected chi connectivity index (χ3v) is 8.96. The van der Waals surface area contributed by atoms with Crippen molar-refractivity contribution < 1.29 is 0 Å². The Hall–Kier alpha value is -3.16. The van der Waals surface area contributed by atoms with Crippen LogP contribution >= 0.6 is 11.3 Å². The largest absolute Gasteiger partial charge is 0.135 e. The van der Waals surface area contributed by atoms with Crippen molar-refractivity contribution in [2.24, 2.45) is 0 Å². The van der Waals surface area contributed by atoms with Crippen LogP contribution in [0.25, 0.3) is 36.5 Å². The molecule has 0 saturated carbocycles. The van der Waals surface area contributed by atoms with Crippen LogP contribution in [0.3, 0.4) is 0 Å². The zero-order valence-electron chi connectivity index (χ0n) is 19.5. The van der Waals surface area contributed by atoms with Crippen molar-refractivity contribution >= 4 is 47.9 Å². The van der Waals surface area contributed by atoms with E-state index in [2.05, 4.69) is 101 Å². The van der Waals surface area contributed by atoms with Crippen molar-refractivity contribution in [2.75, 3.05) is 0 Å². The van der Waals surface area contributed by atoms with Gasteiger partial charge in [-0.25, -0.2) is 0 Å². The maximum Gasteiger partial charge on any atom is 0.0436 e. The molecule has 160 valence electrons. The summed E-state index contributed by atoms with van der Waals surface area (Å²) in [7, 11) is 0. The standard InChI is InChI=1S/C32H26S/c1-17-7-5-8-21(13-17)25-14-19(3)15-26-22-9-6-10-24-30(22)29(31(25)26)20(4)28-23-12-11-18(2)16-27(23)33-32(24)28/h5-16,25,31H,1-4H3. The Kier molecular flexibility index (Phi) is 3.91. The fraction of sp³-hybridized carbons (Fsp3) is 0.188. The third kappa shape index (κ3) is 2.57. The van der Waals surface area contributed by atoms with Crippen molar-refractivity contribution in [3.8, 4) is 0 Å². The zero-order valence-corrected chi connectivity index (χ0v) is 20.3. The molecule has 5 aromatic rings. The molecular formula is C32H26S. The molecule has 0 aliphatic heterocycles. The molecule has 0 radical (unpaired) electrons. The number of benzene rings is 4. The fourth-order valence-electron chi connectivity index (χ4n) is 6.45. The number of allylic oxidation sites excluding steroid dienone is 4. The van der Waals surface area contributed by atoms with Gasteiger partial charge in [0.2, 0.25) is 0 Å². The van der Waals surface area contributed by atoms with Crippen molar-refractivity contribution in [1.29, 1.82) is 0 Å². The first kappa shape index (κ1) is 19.3. The molecule has 1 heterocycles. The second kappa shape index (κ2) is 6.68. The summed E-state index contributed by atoms with van der Waals surface area (Å²) in [4.78, 5) is 0. The number of fused-ring (bicyclic) bond motifs is 7. The van der Waals surface area contributed by atoms with Crippen LogP contribution < -0.4 is 0 Å². The maximum absolute atomic E-state index is 2.50. The highest BCUT2D eigenvalue weighted by molar-refractivity contribution is 7.26. The molecular weight excluding hydrogens is 416 g/mol. The lowest BCUT2D eigenvalue weighted by Crippen LogP contribution is -2.13. The van der Waals surface area contributed by atoms with Crippen LogP contribution in [-0.4, -0.2) is 0 Å². The van der Waals surface area contributed by atoms with Gasteiger partial charge in [0, 0.05) is 37.4 Å². The third-order valence-electron chi connectivity index (χ3n) is 7.77. The van der Waals surface area contributed by atoms with Crippen molar-refractivity contribution in [1.82, 2.24) is 0 Å². The summed E-state index contributed by atoms with van der Waals surface area (Å²) in [5.41, 5.74) is 11.4. The number of hydrogen-bond donors (Lipinski definition) is 0. The Labute approximate surface area is 198 Å². The molecule has 2 unspecified atom stereocenters. The second-order valence-corrected chi connectivity index (χ2v) is 11.1. The first-order valence-corrected chi connectivity index (χ1v) is 12.7. The van der Waals surface area contributed by atoms with E-state index in [-0.39, 0.29) is 0 Å². The van der Waals surface area contributed by atoms with Crippen LogP contribution in [0.1, 0.15) is 52.1 Å². The highest BCUT2D eigenvalue weighted by Crippen LogP contribution is 2.58. The smallest absolute Gasteiger partial charge is 0.0436 e. The van der Waals surface area contributed by atoms with Gasteiger partial charge in [-0.2, -0.15) is 0 Å². The number of aryl methyl sites for hydroxylation is 3. The van der Waals surface area contributed by atoms with Gasteiger partial charge in [-0.1, -0.05) is 77.9 Å². The summed E-state index contributed by atoms with van der Waals surface area (Å²) < 4.78 is 2.85. The van der Waals surface area contributed by atoms with Gasteiger partial charge < -0.3 is 0 Å². The zero-order chi connectivity index (χ0) is 22.4. The first-order chi connectivity index (χ1) is 16.0. The van der Waals surface area contributed by atoms with Gasteiger partial charge >= 0.3 is 0 Å². The number of thiophene rings is 1. The van der Waals surface area contributed by atoms with Gasteiger partial charge in [-0.3, -0.25) is 0 Å². The molecule has 0 fully saturated rings. The second-order valence-electron chi connectivity index (χ2n) is 10.0. The Bertz CT molecular complexity index is 1710. The topological polar surface area (TPSA) is 0 Å². The average molecular weight is 443 g/mol. The molecule has 0 amide bonds. The van der Waals surface area contributed by atoms with Crippen LogP contribution in [0.5, 0.6) is 0 Å². The molecule has 0 nitrogen and oxygen atoms in total. The lowest BCUT2D eigenvalue weighted by Gasteiger charge is -2.29. The van der Waals surface area contributed by atoms with Crippen LogP contribution in [0.15, 0.2) is 78.4 Å².